The third kappa shape index (κ3) is 6.15. The van der Waals surface area contributed by atoms with Crippen LogP contribution in [0, 0.1) is 17.8 Å². The average Bonchev–Trinajstić information content (AvgIpc) is 2.61. The van der Waals surface area contributed by atoms with Gasteiger partial charge in [0.1, 0.15) is 6.04 Å². The van der Waals surface area contributed by atoms with Crippen LogP contribution >= 0.6 is 0 Å². The van der Waals surface area contributed by atoms with E-state index in [-0.39, 0.29) is 17.7 Å². The van der Waals surface area contributed by atoms with Crippen molar-refractivity contribution in [1.82, 2.24) is 5.32 Å². The molecule has 2 amide bonds. The van der Waals surface area contributed by atoms with E-state index in [1.54, 1.807) is 0 Å². The highest BCUT2D eigenvalue weighted by atomic mass is 16.2. The molecule has 2 rings (SSSR count). The second kappa shape index (κ2) is 9.75. The Morgan fingerprint density at radius 2 is 1.85 bits per heavy atom. The Labute approximate surface area is 158 Å². The van der Waals surface area contributed by atoms with Gasteiger partial charge in [-0.1, -0.05) is 39.8 Å². The fourth-order valence-electron chi connectivity index (χ4n) is 3.61. The van der Waals surface area contributed by atoms with Gasteiger partial charge in [-0.25, -0.2) is 0 Å². The van der Waals surface area contributed by atoms with Crippen molar-refractivity contribution in [1.29, 1.82) is 0 Å². The number of carbonyl (C=O) groups excluding carboxylic acids is 2. The number of aryl methyl sites for hydroxylation is 1. The first kappa shape index (κ1) is 20.5. The molecule has 0 unspecified atom stereocenters. The van der Waals surface area contributed by atoms with Crippen LogP contribution < -0.4 is 10.6 Å². The molecule has 1 atom stereocenters. The average molecular weight is 359 g/mol. The van der Waals surface area contributed by atoms with Crippen molar-refractivity contribution < 1.29 is 9.59 Å². The molecule has 0 heterocycles. The SMILES string of the molecule is CCc1cccc(NC(=O)[C@H](CC(C)C)NC(=O)C2CCC(C)CC2)c1. The molecule has 26 heavy (non-hydrogen) atoms. The fraction of sp³-hybridized carbons (Fsp3) is 0.636. The summed E-state index contributed by atoms with van der Waals surface area (Å²) in [5.41, 5.74) is 1.98. The van der Waals surface area contributed by atoms with Gasteiger partial charge in [-0.05, 0) is 68.1 Å². The number of benzene rings is 1. The number of nitrogens with one attached hydrogen (secondary N) is 2. The number of rotatable bonds is 7. The molecule has 1 aromatic carbocycles. The molecule has 1 aliphatic rings. The van der Waals surface area contributed by atoms with E-state index in [9.17, 15) is 9.59 Å². The van der Waals surface area contributed by atoms with Crippen LogP contribution in [0.3, 0.4) is 0 Å². The van der Waals surface area contributed by atoms with E-state index < -0.39 is 6.04 Å². The van der Waals surface area contributed by atoms with E-state index >= 15 is 0 Å². The van der Waals surface area contributed by atoms with Crippen molar-refractivity contribution in [3.8, 4) is 0 Å². The zero-order chi connectivity index (χ0) is 19.1. The molecular weight excluding hydrogens is 324 g/mol. The third-order valence-electron chi connectivity index (χ3n) is 5.33. The van der Waals surface area contributed by atoms with Crippen LogP contribution in [-0.2, 0) is 16.0 Å². The van der Waals surface area contributed by atoms with Crippen molar-refractivity contribution in [2.75, 3.05) is 5.32 Å². The minimum absolute atomic E-state index is 0.0417. The van der Waals surface area contributed by atoms with Gasteiger partial charge >= 0.3 is 0 Å². The molecule has 0 aromatic heterocycles. The van der Waals surface area contributed by atoms with Crippen molar-refractivity contribution in [3.05, 3.63) is 29.8 Å². The largest absolute Gasteiger partial charge is 0.344 e. The smallest absolute Gasteiger partial charge is 0.246 e. The lowest BCUT2D eigenvalue weighted by molar-refractivity contribution is -0.130. The molecule has 144 valence electrons. The molecule has 0 spiro atoms. The molecular formula is C22H34N2O2. The Kier molecular flexibility index (Phi) is 7.67. The van der Waals surface area contributed by atoms with Gasteiger partial charge in [-0.3, -0.25) is 9.59 Å². The van der Waals surface area contributed by atoms with Crippen LogP contribution in [0.25, 0.3) is 0 Å². The molecule has 1 aliphatic carbocycles. The predicted octanol–water partition coefficient (Wildman–Crippen LogP) is 4.54. The van der Waals surface area contributed by atoms with Crippen LogP contribution in [0.4, 0.5) is 5.69 Å². The van der Waals surface area contributed by atoms with Gasteiger partial charge in [0.15, 0.2) is 0 Å². The highest BCUT2D eigenvalue weighted by molar-refractivity contribution is 5.97. The predicted molar refractivity (Wildman–Crippen MR) is 107 cm³/mol. The molecule has 4 heteroatoms. The van der Waals surface area contributed by atoms with E-state index in [1.165, 1.54) is 5.56 Å². The highest BCUT2D eigenvalue weighted by Gasteiger charge is 2.28. The maximum atomic E-state index is 12.8. The molecule has 0 bridgehead atoms. The first-order valence-corrected chi connectivity index (χ1v) is 10.1. The summed E-state index contributed by atoms with van der Waals surface area (Å²) in [6.07, 6.45) is 5.64. The Balaban J connectivity index is 2.00. The third-order valence-corrected chi connectivity index (χ3v) is 5.33. The molecule has 1 aromatic rings. The van der Waals surface area contributed by atoms with Crippen molar-refractivity contribution >= 4 is 17.5 Å². The molecule has 0 saturated heterocycles. The highest BCUT2D eigenvalue weighted by Crippen LogP contribution is 2.28. The monoisotopic (exact) mass is 358 g/mol. The van der Waals surface area contributed by atoms with Crippen LogP contribution in [0.15, 0.2) is 24.3 Å². The molecule has 0 radical (unpaired) electrons. The van der Waals surface area contributed by atoms with Gasteiger partial charge in [-0.2, -0.15) is 0 Å². The van der Waals surface area contributed by atoms with E-state index in [0.717, 1.165) is 37.8 Å². The zero-order valence-electron chi connectivity index (χ0n) is 16.7. The summed E-state index contributed by atoms with van der Waals surface area (Å²) in [6, 6.07) is 7.41. The van der Waals surface area contributed by atoms with E-state index in [0.29, 0.717) is 18.3 Å². The van der Waals surface area contributed by atoms with Gasteiger partial charge in [-0.15, -0.1) is 0 Å². The Bertz CT molecular complexity index is 604. The van der Waals surface area contributed by atoms with Crippen LogP contribution in [0.2, 0.25) is 0 Å². The summed E-state index contributed by atoms with van der Waals surface area (Å²) in [5.74, 6) is 1.01. The van der Waals surface area contributed by atoms with Crippen LogP contribution in [0.1, 0.15) is 65.4 Å². The second-order valence-corrected chi connectivity index (χ2v) is 8.19. The summed E-state index contributed by atoms with van der Waals surface area (Å²) >= 11 is 0. The van der Waals surface area contributed by atoms with E-state index in [1.807, 2.05) is 24.3 Å². The number of hydrogen-bond donors (Lipinski definition) is 2. The Morgan fingerprint density at radius 1 is 1.15 bits per heavy atom. The lowest BCUT2D eigenvalue weighted by atomic mass is 9.82. The maximum Gasteiger partial charge on any atom is 0.246 e. The second-order valence-electron chi connectivity index (χ2n) is 8.19. The minimum atomic E-state index is -0.480. The molecule has 4 nitrogen and oxygen atoms in total. The van der Waals surface area contributed by atoms with Crippen LogP contribution in [0.5, 0.6) is 0 Å². The Hall–Kier alpha value is -1.84. The van der Waals surface area contributed by atoms with Gasteiger partial charge in [0.05, 0.1) is 0 Å². The standard InChI is InChI=1S/C22H34N2O2/c1-5-17-7-6-8-19(14-17)23-22(26)20(13-15(2)3)24-21(25)18-11-9-16(4)10-12-18/h6-8,14-16,18,20H,5,9-13H2,1-4H3,(H,23,26)(H,24,25)/t16?,18?,20-/m0/s1. The minimum Gasteiger partial charge on any atom is -0.344 e. The lowest BCUT2D eigenvalue weighted by Gasteiger charge is -2.28. The molecule has 1 fully saturated rings. The van der Waals surface area contributed by atoms with Crippen LogP contribution in [-0.4, -0.2) is 17.9 Å². The summed E-state index contributed by atoms with van der Waals surface area (Å²) < 4.78 is 0. The lowest BCUT2D eigenvalue weighted by Crippen LogP contribution is -2.47. The van der Waals surface area contributed by atoms with Crippen molar-refractivity contribution in [3.63, 3.8) is 0 Å². The maximum absolute atomic E-state index is 12.8. The topological polar surface area (TPSA) is 58.2 Å². The van der Waals surface area contributed by atoms with E-state index in [4.69, 9.17) is 0 Å². The van der Waals surface area contributed by atoms with Crippen molar-refractivity contribution in [2.24, 2.45) is 17.8 Å². The van der Waals surface area contributed by atoms with Gasteiger partial charge < -0.3 is 10.6 Å². The summed E-state index contributed by atoms with van der Waals surface area (Å²) in [4.78, 5) is 25.5. The fourth-order valence-corrected chi connectivity index (χ4v) is 3.61. The quantitative estimate of drug-likeness (QED) is 0.751. The summed E-state index contributed by atoms with van der Waals surface area (Å²) in [7, 11) is 0. The van der Waals surface area contributed by atoms with Gasteiger partial charge in [0.25, 0.3) is 0 Å². The van der Waals surface area contributed by atoms with Gasteiger partial charge in [0.2, 0.25) is 11.8 Å². The first-order valence-electron chi connectivity index (χ1n) is 10.1. The summed E-state index contributed by atoms with van der Waals surface area (Å²) in [5, 5.41) is 6.01. The van der Waals surface area contributed by atoms with Crippen molar-refractivity contribution in [2.45, 2.75) is 72.3 Å². The van der Waals surface area contributed by atoms with Gasteiger partial charge in [0, 0.05) is 11.6 Å². The Morgan fingerprint density at radius 3 is 2.46 bits per heavy atom. The number of hydrogen-bond acceptors (Lipinski definition) is 2. The number of amides is 2. The number of carbonyl (C=O) groups is 2. The number of anilines is 1. The molecule has 2 N–H and O–H groups in total. The molecule has 1 saturated carbocycles. The van der Waals surface area contributed by atoms with E-state index in [2.05, 4.69) is 38.3 Å². The normalized spacial score (nSPS) is 21.3. The zero-order valence-corrected chi connectivity index (χ0v) is 16.7. The summed E-state index contributed by atoms with van der Waals surface area (Å²) in [6.45, 7) is 8.49. The molecule has 0 aliphatic heterocycles. The first-order chi connectivity index (χ1) is 12.4.